The molecule has 1 saturated heterocycles. The van der Waals surface area contributed by atoms with Crippen LogP contribution in [0.15, 0.2) is 30.3 Å². The highest BCUT2D eigenvalue weighted by molar-refractivity contribution is 5.48. The van der Waals surface area contributed by atoms with Gasteiger partial charge in [-0.3, -0.25) is 4.90 Å². The Bertz CT molecular complexity index is 416. The number of likely N-dealkylation sites (tertiary alicyclic amines) is 1. The molecule has 110 valence electrons. The van der Waals surface area contributed by atoms with Gasteiger partial charge in [-0.15, -0.1) is 0 Å². The summed E-state index contributed by atoms with van der Waals surface area (Å²) >= 11 is 0. The number of methoxy groups -OCH3 is 1. The Morgan fingerprint density at radius 3 is 2.90 bits per heavy atom. The maximum absolute atomic E-state index is 12.8. The van der Waals surface area contributed by atoms with Gasteiger partial charge in [0, 0.05) is 26.8 Å². The summed E-state index contributed by atoms with van der Waals surface area (Å²) in [6.45, 7) is 4.18. The molecule has 1 aliphatic rings. The van der Waals surface area contributed by atoms with Crippen LogP contribution in [0.3, 0.4) is 0 Å². The van der Waals surface area contributed by atoms with Crippen LogP contribution in [0.25, 0.3) is 6.08 Å². The highest BCUT2D eigenvalue weighted by Gasteiger charge is 2.18. The van der Waals surface area contributed by atoms with Crippen LogP contribution in [0.1, 0.15) is 24.8 Å². The molecule has 20 heavy (non-hydrogen) atoms. The fraction of sp³-hybridized carbons (Fsp3) is 0.529. The van der Waals surface area contributed by atoms with Gasteiger partial charge < -0.3 is 4.74 Å². The summed E-state index contributed by atoms with van der Waals surface area (Å²) < 4.78 is 18.0. The van der Waals surface area contributed by atoms with Crippen molar-refractivity contribution < 1.29 is 9.13 Å². The number of halogens is 1. The summed E-state index contributed by atoms with van der Waals surface area (Å²) in [6, 6.07) is 6.62. The van der Waals surface area contributed by atoms with Crippen LogP contribution < -0.4 is 0 Å². The van der Waals surface area contributed by atoms with Crippen molar-refractivity contribution in [3.05, 3.63) is 41.7 Å². The van der Waals surface area contributed by atoms with Gasteiger partial charge in [-0.25, -0.2) is 4.39 Å². The number of nitrogens with zero attached hydrogens (tertiary/aromatic N) is 1. The fourth-order valence-corrected chi connectivity index (χ4v) is 2.75. The third-order valence-electron chi connectivity index (χ3n) is 3.88. The van der Waals surface area contributed by atoms with E-state index < -0.39 is 0 Å². The molecule has 0 aromatic heterocycles. The molecule has 0 unspecified atom stereocenters. The third kappa shape index (κ3) is 5.06. The summed E-state index contributed by atoms with van der Waals surface area (Å²) in [4.78, 5) is 2.49. The van der Waals surface area contributed by atoms with E-state index in [0.29, 0.717) is 0 Å². The molecular formula is C17H24FNO. The zero-order valence-electron chi connectivity index (χ0n) is 12.2. The standard InChI is InChI=1S/C17H24FNO/c1-20-13-10-16-5-3-12-19(14-16)11-2-4-15-6-8-17(18)9-7-15/h2,4,6-9,16H,3,5,10-14H2,1H3/b4-2+/t16-/m1/s1. The van der Waals surface area contributed by atoms with Crippen LogP contribution in [-0.2, 0) is 4.74 Å². The average molecular weight is 277 g/mol. The van der Waals surface area contributed by atoms with E-state index in [0.717, 1.165) is 37.6 Å². The number of hydrogen-bond acceptors (Lipinski definition) is 2. The molecule has 1 aromatic rings. The molecule has 1 fully saturated rings. The molecule has 1 aliphatic heterocycles. The van der Waals surface area contributed by atoms with Gasteiger partial charge in [0.05, 0.1) is 0 Å². The Hall–Kier alpha value is -1.19. The lowest BCUT2D eigenvalue weighted by Crippen LogP contribution is -2.35. The molecule has 2 rings (SSSR count). The van der Waals surface area contributed by atoms with E-state index in [1.165, 1.54) is 31.5 Å². The molecule has 0 amide bonds. The van der Waals surface area contributed by atoms with Crippen LogP contribution >= 0.6 is 0 Å². The van der Waals surface area contributed by atoms with Gasteiger partial charge >= 0.3 is 0 Å². The van der Waals surface area contributed by atoms with Crippen LogP contribution in [0.2, 0.25) is 0 Å². The van der Waals surface area contributed by atoms with Crippen LogP contribution in [0.5, 0.6) is 0 Å². The minimum atomic E-state index is -0.181. The minimum absolute atomic E-state index is 0.181. The summed E-state index contributed by atoms with van der Waals surface area (Å²) in [5, 5.41) is 0. The first-order valence-electron chi connectivity index (χ1n) is 7.41. The van der Waals surface area contributed by atoms with Crippen LogP contribution in [0.4, 0.5) is 4.39 Å². The van der Waals surface area contributed by atoms with E-state index >= 15 is 0 Å². The molecular weight excluding hydrogens is 253 g/mol. The second-order valence-corrected chi connectivity index (χ2v) is 5.50. The first-order chi connectivity index (χ1) is 9.78. The summed E-state index contributed by atoms with van der Waals surface area (Å²) in [5.41, 5.74) is 1.05. The van der Waals surface area contributed by atoms with Gasteiger partial charge in [0.15, 0.2) is 0 Å². The van der Waals surface area contributed by atoms with Gasteiger partial charge in [-0.1, -0.05) is 24.3 Å². The van der Waals surface area contributed by atoms with E-state index in [1.807, 2.05) is 12.1 Å². The molecule has 0 saturated carbocycles. The van der Waals surface area contributed by atoms with Gasteiger partial charge in [0.2, 0.25) is 0 Å². The molecule has 0 spiro atoms. The van der Waals surface area contributed by atoms with E-state index in [4.69, 9.17) is 4.74 Å². The second kappa shape index (κ2) is 8.18. The summed E-state index contributed by atoms with van der Waals surface area (Å²) in [5.74, 6) is 0.585. The molecule has 0 bridgehead atoms. The highest BCUT2D eigenvalue weighted by Crippen LogP contribution is 2.19. The predicted molar refractivity (Wildman–Crippen MR) is 81.1 cm³/mol. The Balaban J connectivity index is 1.76. The number of hydrogen-bond donors (Lipinski definition) is 0. The van der Waals surface area contributed by atoms with Crippen molar-refractivity contribution in [2.75, 3.05) is 33.4 Å². The number of benzene rings is 1. The van der Waals surface area contributed by atoms with Crippen molar-refractivity contribution in [3.8, 4) is 0 Å². The van der Waals surface area contributed by atoms with E-state index in [2.05, 4.69) is 17.1 Å². The van der Waals surface area contributed by atoms with Crippen LogP contribution in [0, 0.1) is 11.7 Å². The van der Waals surface area contributed by atoms with Crippen molar-refractivity contribution in [1.29, 1.82) is 0 Å². The third-order valence-corrected chi connectivity index (χ3v) is 3.88. The van der Waals surface area contributed by atoms with Crippen molar-refractivity contribution in [1.82, 2.24) is 4.90 Å². The molecule has 0 aliphatic carbocycles. The fourth-order valence-electron chi connectivity index (χ4n) is 2.75. The molecule has 0 radical (unpaired) electrons. The minimum Gasteiger partial charge on any atom is -0.385 e. The Kier molecular flexibility index (Phi) is 6.22. The smallest absolute Gasteiger partial charge is 0.123 e. The van der Waals surface area contributed by atoms with Gasteiger partial charge in [0.1, 0.15) is 5.82 Å². The first kappa shape index (κ1) is 15.2. The van der Waals surface area contributed by atoms with E-state index in [1.54, 1.807) is 7.11 Å². The molecule has 1 aromatic carbocycles. The Morgan fingerprint density at radius 1 is 1.35 bits per heavy atom. The topological polar surface area (TPSA) is 12.5 Å². The summed E-state index contributed by atoms with van der Waals surface area (Å²) in [7, 11) is 1.77. The normalized spacial score (nSPS) is 20.6. The summed E-state index contributed by atoms with van der Waals surface area (Å²) in [6.07, 6.45) is 8.00. The van der Waals surface area contributed by atoms with Gasteiger partial charge in [-0.2, -0.15) is 0 Å². The lowest BCUT2D eigenvalue weighted by molar-refractivity contribution is 0.134. The molecule has 1 heterocycles. The lowest BCUT2D eigenvalue weighted by atomic mass is 9.95. The average Bonchev–Trinajstić information content (AvgIpc) is 2.48. The monoisotopic (exact) mass is 277 g/mol. The van der Waals surface area contributed by atoms with Gasteiger partial charge in [-0.05, 0) is 49.4 Å². The lowest BCUT2D eigenvalue weighted by Gasteiger charge is -2.31. The largest absolute Gasteiger partial charge is 0.385 e. The SMILES string of the molecule is COCC[C@H]1CCCN(C/C=C/c2ccc(F)cc2)C1. The first-order valence-corrected chi connectivity index (χ1v) is 7.41. The van der Waals surface area contributed by atoms with Crippen molar-refractivity contribution >= 4 is 6.08 Å². The number of rotatable bonds is 6. The highest BCUT2D eigenvalue weighted by atomic mass is 19.1. The van der Waals surface area contributed by atoms with Crippen molar-refractivity contribution in [2.24, 2.45) is 5.92 Å². The zero-order chi connectivity index (χ0) is 14.2. The maximum atomic E-state index is 12.8. The quantitative estimate of drug-likeness (QED) is 0.788. The molecule has 1 atom stereocenters. The van der Waals surface area contributed by atoms with Crippen molar-refractivity contribution in [2.45, 2.75) is 19.3 Å². The van der Waals surface area contributed by atoms with E-state index in [9.17, 15) is 4.39 Å². The molecule has 3 heteroatoms. The number of piperidine rings is 1. The predicted octanol–water partition coefficient (Wildman–Crippen LogP) is 3.59. The van der Waals surface area contributed by atoms with E-state index in [-0.39, 0.29) is 5.82 Å². The molecule has 2 nitrogen and oxygen atoms in total. The van der Waals surface area contributed by atoms with Crippen molar-refractivity contribution in [3.63, 3.8) is 0 Å². The zero-order valence-corrected chi connectivity index (χ0v) is 12.2. The molecule has 0 N–H and O–H groups in total. The number of ether oxygens (including phenoxy) is 1. The Morgan fingerprint density at radius 2 is 2.15 bits per heavy atom. The van der Waals surface area contributed by atoms with Gasteiger partial charge in [0.25, 0.3) is 0 Å². The van der Waals surface area contributed by atoms with Crippen LogP contribution in [-0.4, -0.2) is 38.3 Å². The Labute approximate surface area is 121 Å². The second-order valence-electron chi connectivity index (χ2n) is 5.50. The maximum Gasteiger partial charge on any atom is 0.123 e.